The van der Waals surface area contributed by atoms with E-state index >= 15 is 0 Å². The molecule has 0 radical (unpaired) electrons. The fourth-order valence-corrected chi connectivity index (χ4v) is 3.04. The van der Waals surface area contributed by atoms with Crippen LogP contribution in [0.25, 0.3) is 0 Å². The third kappa shape index (κ3) is 3.60. The van der Waals surface area contributed by atoms with E-state index in [2.05, 4.69) is 0 Å². The SMILES string of the molecule is CCC(C)C(=O)CS(=O)c1ccc2c(c1)OCCCO2. The number of hydrogen-bond acceptors (Lipinski definition) is 4. The Bertz CT molecular complexity index is 513. The summed E-state index contributed by atoms with van der Waals surface area (Å²) in [5.74, 6) is 1.35. The van der Waals surface area contributed by atoms with E-state index in [1.165, 1.54) is 0 Å². The summed E-state index contributed by atoms with van der Waals surface area (Å²) < 4.78 is 23.3. The lowest BCUT2D eigenvalue weighted by Gasteiger charge is -2.10. The zero-order chi connectivity index (χ0) is 14.5. The van der Waals surface area contributed by atoms with Crippen molar-refractivity contribution in [3.63, 3.8) is 0 Å². The summed E-state index contributed by atoms with van der Waals surface area (Å²) in [5.41, 5.74) is 0. The van der Waals surface area contributed by atoms with Gasteiger partial charge in [0.05, 0.1) is 29.8 Å². The highest BCUT2D eigenvalue weighted by Gasteiger charge is 2.18. The molecule has 20 heavy (non-hydrogen) atoms. The summed E-state index contributed by atoms with van der Waals surface area (Å²) in [5, 5.41) is 0. The van der Waals surface area contributed by atoms with Crippen LogP contribution in [0, 0.1) is 5.92 Å². The molecule has 0 saturated carbocycles. The molecule has 0 spiro atoms. The maximum Gasteiger partial charge on any atom is 0.162 e. The number of benzene rings is 1. The van der Waals surface area contributed by atoms with Crippen LogP contribution < -0.4 is 9.47 Å². The van der Waals surface area contributed by atoms with E-state index in [1.54, 1.807) is 18.2 Å². The van der Waals surface area contributed by atoms with Crippen molar-refractivity contribution < 1.29 is 18.5 Å². The first-order valence-electron chi connectivity index (χ1n) is 6.92. The highest BCUT2D eigenvalue weighted by Crippen LogP contribution is 2.31. The van der Waals surface area contributed by atoms with E-state index in [9.17, 15) is 9.00 Å². The summed E-state index contributed by atoms with van der Waals surface area (Å²) in [6, 6.07) is 5.23. The predicted molar refractivity (Wildman–Crippen MR) is 77.8 cm³/mol. The normalized spacial score (nSPS) is 17.1. The Morgan fingerprint density at radius 1 is 1.30 bits per heavy atom. The molecule has 110 valence electrons. The lowest BCUT2D eigenvalue weighted by atomic mass is 10.1. The molecule has 0 aliphatic carbocycles. The molecule has 0 amide bonds. The third-order valence-corrected chi connectivity index (χ3v) is 4.74. The molecule has 0 bridgehead atoms. The van der Waals surface area contributed by atoms with Crippen LogP contribution in [0.1, 0.15) is 26.7 Å². The van der Waals surface area contributed by atoms with Crippen LogP contribution in [-0.4, -0.2) is 29.0 Å². The van der Waals surface area contributed by atoms with Gasteiger partial charge in [-0.1, -0.05) is 13.8 Å². The maximum absolute atomic E-state index is 12.2. The minimum atomic E-state index is -1.32. The summed E-state index contributed by atoms with van der Waals surface area (Å²) in [4.78, 5) is 12.5. The maximum atomic E-state index is 12.2. The highest BCUT2D eigenvalue weighted by molar-refractivity contribution is 7.85. The van der Waals surface area contributed by atoms with Crippen molar-refractivity contribution in [2.45, 2.75) is 31.6 Å². The Labute approximate surface area is 121 Å². The Hall–Kier alpha value is -1.36. The van der Waals surface area contributed by atoms with Crippen LogP contribution in [0.15, 0.2) is 23.1 Å². The van der Waals surface area contributed by atoms with Gasteiger partial charge < -0.3 is 9.47 Å². The molecule has 1 aliphatic heterocycles. The fourth-order valence-electron chi connectivity index (χ4n) is 1.87. The second-order valence-electron chi connectivity index (χ2n) is 4.92. The van der Waals surface area contributed by atoms with E-state index in [1.807, 2.05) is 13.8 Å². The fraction of sp³-hybridized carbons (Fsp3) is 0.533. The number of hydrogen-bond donors (Lipinski definition) is 0. The average Bonchev–Trinajstić information content (AvgIpc) is 2.70. The molecule has 1 aliphatic rings. The molecule has 0 fully saturated rings. The second kappa shape index (κ2) is 6.88. The van der Waals surface area contributed by atoms with Crippen LogP contribution in [0.2, 0.25) is 0 Å². The molecule has 2 atom stereocenters. The van der Waals surface area contributed by atoms with Crippen molar-refractivity contribution in [2.75, 3.05) is 19.0 Å². The van der Waals surface area contributed by atoms with E-state index < -0.39 is 10.8 Å². The largest absolute Gasteiger partial charge is 0.490 e. The second-order valence-corrected chi connectivity index (χ2v) is 6.38. The van der Waals surface area contributed by atoms with Gasteiger partial charge in [-0.25, -0.2) is 0 Å². The number of ketones is 1. The topological polar surface area (TPSA) is 52.6 Å². The molecule has 2 unspecified atom stereocenters. The van der Waals surface area contributed by atoms with Gasteiger partial charge in [-0.05, 0) is 18.6 Å². The van der Waals surface area contributed by atoms with Crippen molar-refractivity contribution >= 4 is 16.6 Å². The van der Waals surface area contributed by atoms with Crippen LogP contribution in [0.4, 0.5) is 0 Å². The summed E-state index contributed by atoms with van der Waals surface area (Å²) in [6.07, 6.45) is 1.61. The predicted octanol–water partition coefficient (Wildman–Crippen LogP) is 2.57. The first kappa shape index (κ1) is 15.0. The molecular weight excluding hydrogens is 276 g/mol. The Morgan fingerprint density at radius 3 is 2.70 bits per heavy atom. The van der Waals surface area contributed by atoms with Gasteiger partial charge in [0.25, 0.3) is 0 Å². The zero-order valence-corrected chi connectivity index (χ0v) is 12.7. The number of carbonyl (C=O) groups is 1. The van der Waals surface area contributed by atoms with E-state index in [0.717, 1.165) is 12.8 Å². The first-order chi connectivity index (χ1) is 9.61. The van der Waals surface area contributed by atoms with E-state index in [4.69, 9.17) is 9.47 Å². The van der Waals surface area contributed by atoms with Crippen LogP contribution in [0.3, 0.4) is 0 Å². The van der Waals surface area contributed by atoms with Crippen molar-refractivity contribution in [3.8, 4) is 11.5 Å². The molecule has 1 aromatic carbocycles. The van der Waals surface area contributed by atoms with Crippen molar-refractivity contribution in [1.29, 1.82) is 0 Å². The van der Waals surface area contributed by atoms with Crippen LogP contribution in [-0.2, 0) is 15.6 Å². The number of Topliss-reactive ketones (excluding diaryl/α,β-unsaturated/α-hetero) is 1. The van der Waals surface area contributed by atoms with Crippen molar-refractivity contribution in [2.24, 2.45) is 5.92 Å². The van der Waals surface area contributed by atoms with Gasteiger partial charge in [0.2, 0.25) is 0 Å². The highest BCUT2D eigenvalue weighted by atomic mass is 32.2. The number of fused-ring (bicyclic) bond motifs is 1. The molecule has 2 rings (SSSR count). The molecular formula is C15H20O4S. The van der Waals surface area contributed by atoms with Gasteiger partial charge in [0, 0.05) is 23.3 Å². The molecule has 0 saturated heterocycles. The summed E-state index contributed by atoms with van der Waals surface area (Å²) in [6.45, 7) is 5.05. The molecule has 1 aromatic rings. The number of ether oxygens (including phenoxy) is 2. The monoisotopic (exact) mass is 296 g/mol. The van der Waals surface area contributed by atoms with Gasteiger partial charge >= 0.3 is 0 Å². The number of carbonyl (C=O) groups excluding carboxylic acids is 1. The smallest absolute Gasteiger partial charge is 0.162 e. The van der Waals surface area contributed by atoms with Gasteiger partial charge in [-0.2, -0.15) is 0 Å². The quantitative estimate of drug-likeness (QED) is 0.838. The summed E-state index contributed by atoms with van der Waals surface area (Å²) >= 11 is 0. The summed E-state index contributed by atoms with van der Waals surface area (Å²) in [7, 11) is -1.32. The Morgan fingerprint density at radius 2 is 2.00 bits per heavy atom. The third-order valence-electron chi connectivity index (χ3n) is 3.42. The molecule has 0 N–H and O–H groups in total. The minimum absolute atomic E-state index is 0.0398. The van der Waals surface area contributed by atoms with Gasteiger partial charge in [0.15, 0.2) is 11.5 Å². The average molecular weight is 296 g/mol. The Kier molecular flexibility index (Phi) is 5.17. The minimum Gasteiger partial charge on any atom is -0.490 e. The Balaban J connectivity index is 2.11. The van der Waals surface area contributed by atoms with Gasteiger partial charge in [-0.15, -0.1) is 0 Å². The molecule has 0 aromatic heterocycles. The van der Waals surface area contributed by atoms with Crippen molar-refractivity contribution in [3.05, 3.63) is 18.2 Å². The zero-order valence-electron chi connectivity index (χ0n) is 11.9. The first-order valence-corrected chi connectivity index (χ1v) is 8.24. The molecule has 1 heterocycles. The number of rotatable bonds is 5. The van der Waals surface area contributed by atoms with E-state index in [-0.39, 0.29) is 17.5 Å². The standard InChI is InChI=1S/C15H20O4S/c1-3-11(2)13(16)10-20(17)12-5-6-14-15(9-12)19-8-4-7-18-14/h5-6,9,11H,3-4,7-8,10H2,1-2H3. The van der Waals surface area contributed by atoms with Crippen LogP contribution in [0.5, 0.6) is 11.5 Å². The van der Waals surface area contributed by atoms with Crippen molar-refractivity contribution in [1.82, 2.24) is 0 Å². The van der Waals surface area contributed by atoms with Gasteiger partial charge in [0.1, 0.15) is 5.78 Å². The molecule has 5 heteroatoms. The molecule has 4 nitrogen and oxygen atoms in total. The lowest BCUT2D eigenvalue weighted by Crippen LogP contribution is -2.18. The lowest BCUT2D eigenvalue weighted by molar-refractivity contribution is -0.119. The van der Waals surface area contributed by atoms with Crippen LogP contribution >= 0.6 is 0 Å². The van der Waals surface area contributed by atoms with Gasteiger partial charge in [-0.3, -0.25) is 9.00 Å². The van der Waals surface area contributed by atoms with E-state index in [0.29, 0.717) is 29.6 Å².